The van der Waals surface area contributed by atoms with Gasteiger partial charge in [-0.05, 0) is 55.4 Å². The first-order valence-electron chi connectivity index (χ1n) is 7.84. The largest absolute Gasteiger partial charge is 0.309 e. The molecule has 1 saturated heterocycles. The van der Waals surface area contributed by atoms with E-state index in [0.717, 1.165) is 13.1 Å². The van der Waals surface area contributed by atoms with Crippen molar-refractivity contribution >= 4 is 11.3 Å². The number of benzene rings is 1. The van der Waals surface area contributed by atoms with Crippen LogP contribution in [0.5, 0.6) is 0 Å². The molecule has 0 atom stereocenters. The van der Waals surface area contributed by atoms with Crippen LogP contribution in [0.4, 0.5) is 0 Å². The molecule has 3 rings (SSSR count). The maximum absolute atomic E-state index is 3.73. The lowest BCUT2D eigenvalue weighted by Crippen LogP contribution is -2.41. The summed E-state index contributed by atoms with van der Waals surface area (Å²) in [6, 6.07) is 13.7. The van der Waals surface area contributed by atoms with Crippen molar-refractivity contribution in [1.29, 1.82) is 0 Å². The summed E-state index contributed by atoms with van der Waals surface area (Å²) in [5.74, 6) is 0. The second-order valence-corrected chi connectivity index (χ2v) is 6.94. The van der Waals surface area contributed by atoms with Gasteiger partial charge in [0.25, 0.3) is 0 Å². The van der Waals surface area contributed by atoms with E-state index in [2.05, 4.69) is 58.9 Å². The van der Waals surface area contributed by atoms with Gasteiger partial charge in [-0.2, -0.15) is 0 Å². The van der Waals surface area contributed by atoms with Gasteiger partial charge in [0.05, 0.1) is 0 Å². The summed E-state index contributed by atoms with van der Waals surface area (Å²) in [6.07, 6.45) is 2.52. The first kappa shape index (κ1) is 14.8. The molecule has 3 heteroatoms. The van der Waals surface area contributed by atoms with Crippen LogP contribution in [0.1, 0.15) is 28.8 Å². The van der Waals surface area contributed by atoms with Gasteiger partial charge in [-0.3, -0.25) is 4.90 Å². The summed E-state index contributed by atoms with van der Waals surface area (Å²) >= 11 is 1.87. The molecule has 0 amide bonds. The average molecular weight is 300 g/mol. The van der Waals surface area contributed by atoms with Gasteiger partial charge < -0.3 is 5.32 Å². The zero-order valence-electron chi connectivity index (χ0n) is 12.7. The van der Waals surface area contributed by atoms with Crippen LogP contribution in [-0.4, -0.2) is 24.0 Å². The highest BCUT2D eigenvalue weighted by Crippen LogP contribution is 2.18. The second-order valence-electron chi connectivity index (χ2n) is 5.94. The number of hydrogen-bond acceptors (Lipinski definition) is 3. The van der Waals surface area contributed by atoms with E-state index in [0.29, 0.717) is 6.04 Å². The molecule has 2 heterocycles. The zero-order chi connectivity index (χ0) is 14.5. The molecule has 1 aliphatic rings. The van der Waals surface area contributed by atoms with Crippen molar-refractivity contribution in [2.75, 3.05) is 13.1 Å². The molecule has 1 N–H and O–H groups in total. The third-order valence-electron chi connectivity index (χ3n) is 4.36. The first-order chi connectivity index (χ1) is 10.3. The van der Waals surface area contributed by atoms with Gasteiger partial charge in [-0.1, -0.05) is 30.3 Å². The fourth-order valence-electron chi connectivity index (χ4n) is 2.96. The van der Waals surface area contributed by atoms with Crippen LogP contribution in [0.3, 0.4) is 0 Å². The van der Waals surface area contributed by atoms with Gasteiger partial charge in [0, 0.05) is 24.0 Å². The van der Waals surface area contributed by atoms with Crippen LogP contribution in [0.2, 0.25) is 0 Å². The fraction of sp³-hybridized carbons (Fsp3) is 0.444. The Hall–Kier alpha value is -1.16. The molecule has 0 radical (unpaired) electrons. The Morgan fingerprint density at radius 2 is 1.90 bits per heavy atom. The standard InChI is InChI=1S/C18H24N2S/c1-15-9-12-21-18(15)13-19-17-7-10-20(11-8-17)14-16-5-3-2-4-6-16/h2-6,9,12,17,19H,7-8,10-11,13-14H2,1H3. The number of rotatable bonds is 5. The highest BCUT2D eigenvalue weighted by molar-refractivity contribution is 7.10. The minimum Gasteiger partial charge on any atom is -0.309 e. The minimum absolute atomic E-state index is 0.679. The lowest BCUT2D eigenvalue weighted by molar-refractivity contribution is 0.190. The Bertz CT molecular complexity index is 541. The number of thiophene rings is 1. The van der Waals surface area contributed by atoms with Crippen molar-refractivity contribution in [3.63, 3.8) is 0 Å². The lowest BCUT2D eigenvalue weighted by Gasteiger charge is -2.32. The quantitative estimate of drug-likeness (QED) is 0.903. The van der Waals surface area contributed by atoms with Gasteiger partial charge in [-0.15, -0.1) is 11.3 Å². The zero-order valence-corrected chi connectivity index (χ0v) is 13.5. The molecule has 1 aliphatic heterocycles. The summed E-state index contributed by atoms with van der Waals surface area (Å²) in [4.78, 5) is 4.06. The van der Waals surface area contributed by atoms with Crippen LogP contribution < -0.4 is 5.32 Å². The Balaban J connectivity index is 1.42. The van der Waals surface area contributed by atoms with Crippen molar-refractivity contribution in [3.05, 3.63) is 57.8 Å². The Kier molecular flexibility index (Phi) is 5.07. The molecule has 21 heavy (non-hydrogen) atoms. The van der Waals surface area contributed by atoms with E-state index in [1.165, 1.54) is 41.9 Å². The molecule has 0 unspecified atom stereocenters. The van der Waals surface area contributed by atoms with Crippen LogP contribution in [0.15, 0.2) is 41.8 Å². The van der Waals surface area contributed by atoms with Crippen molar-refractivity contribution < 1.29 is 0 Å². The van der Waals surface area contributed by atoms with E-state index in [4.69, 9.17) is 0 Å². The van der Waals surface area contributed by atoms with E-state index < -0.39 is 0 Å². The highest BCUT2D eigenvalue weighted by atomic mass is 32.1. The van der Waals surface area contributed by atoms with Crippen LogP contribution >= 0.6 is 11.3 Å². The number of hydrogen-bond donors (Lipinski definition) is 1. The summed E-state index contributed by atoms with van der Waals surface area (Å²) in [7, 11) is 0. The van der Waals surface area contributed by atoms with Crippen LogP contribution in [0.25, 0.3) is 0 Å². The molecular formula is C18H24N2S. The summed E-state index contributed by atoms with van der Waals surface area (Å²) in [5, 5.41) is 5.92. The SMILES string of the molecule is Cc1ccsc1CNC1CCN(Cc2ccccc2)CC1. The van der Waals surface area contributed by atoms with Crippen molar-refractivity contribution in [1.82, 2.24) is 10.2 Å². The Labute approximate surface area is 131 Å². The van der Waals surface area contributed by atoms with Gasteiger partial charge in [0.1, 0.15) is 0 Å². The van der Waals surface area contributed by atoms with E-state index in [9.17, 15) is 0 Å². The molecule has 1 aromatic heterocycles. The number of aryl methyl sites for hydroxylation is 1. The van der Waals surface area contributed by atoms with Gasteiger partial charge in [0.15, 0.2) is 0 Å². The predicted molar refractivity (Wildman–Crippen MR) is 90.6 cm³/mol. The average Bonchev–Trinajstić information content (AvgIpc) is 2.93. The molecule has 2 nitrogen and oxygen atoms in total. The summed E-state index contributed by atoms with van der Waals surface area (Å²) in [6.45, 7) is 6.74. The Morgan fingerprint density at radius 3 is 2.57 bits per heavy atom. The highest BCUT2D eigenvalue weighted by Gasteiger charge is 2.18. The number of likely N-dealkylation sites (tertiary alicyclic amines) is 1. The molecule has 0 bridgehead atoms. The second kappa shape index (κ2) is 7.21. The number of piperidine rings is 1. The molecule has 0 saturated carbocycles. The monoisotopic (exact) mass is 300 g/mol. The van der Waals surface area contributed by atoms with E-state index in [-0.39, 0.29) is 0 Å². The molecular weight excluding hydrogens is 276 g/mol. The Morgan fingerprint density at radius 1 is 1.14 bits per heavy atom. The third-order valence-corrected chi connectivity index (χ3v) is 5.38. The van der Waals surface area contributed by atoms with Gasteiger partial charge in [-0.25, -0.2) is 0 Å². The van der Waals surface area contributed by atoms with Gasteiger partial charge in [0.2, 0.25) is 0 Å². The maximum atomic E-state index is 3.73. The first-order valence-corrected chi connectivity index (χ1v) is 8.72. The lowest BCUT2D eigenvalue weighted by atomic mass is 10.0. The molecule has 1 fully saturated rings. The van der Waals surface area contributed by atoms with Crippen molar-refractivity contribution in [2.24, 2.45) is 0 Å². The van der Waals surface area contributed by atoms with Crippen LogP contribution in [0, 0.1) is 6.92 Å². The third kappa shape index (κ3) is 4.16. The fourth-order valence-corrected chi connectivity index (χ4v) is 3.82. The van der Waals surface area contributed by atoms with E-state index in [1.807, 2.05) is 11.3 Å². The minimum atomic E-state index is 0.679. The van der Waals surface area contributed by atoms with Crippen molar-refractivity contribution in [3.8, 4) is 0 Å². The van der Waals surface area contributed by atoms with Gasteiger partial charge >= 0.3 is 0 Å². The normalized spacial score (nSPS) is 17.2. The smallest absolute Gasteiger partial charge is 0.0304 e. The maximum Gasteiger partial charge on any atom is 0.0304 e. The number of nitrogens with zero attached hydrogens (tertiary/aromatic N) is 1. The molecule has 2 aromatic rings. The number of nitrogens with one attached hydrogen (secondary N) is 1. The predicted octanol–water partition coefficient (Wildman–Crippen LogP) is 3.81. The summed E-state index contributed by atoms with van der Waals surface area (Å²) in [5.41, 5.74) is 2.85. The molecule has 112 valence electrons. The van der Waals surface area contributed by atoms with E-state index in [1.54, 1.807) is 0 Å². The van der Waals surface area contributed by atoms with E-state index >= 15 is 0 Å². The molecule has 1 aromatic carbocycles. The van der Waals surface area contributed by atoms with Crippen LogP contribution in [-0.2, 0) is 13.1 Å². The van der Waals surface area contributed by atoms with Crippen molar-refractivity contribution in [2.45, 2.75) is 38.9 Å². The molecule has 0 spiro atoms. The molecule has 0 aliphatic carbocycles. The summed E-state index contributed by atoms with van der Waals surface area (Å²) < 4.78 is 0. The topological polar surface area (TPSA) is 15.3 Å².